The molecule has 1 aromatic carbocycles. The predicted molar refractivity (Wildman–Crippen MR) is 97.1 cm³/mol. The van der Waals surface area contributed by atoms with Gasteiger partial charge in [0.15, 0.2) is 5.78 Å². The topological polar surface area (TPSA) is 76.1 Å². The Kier molecular flexibility index (Phi) is 4.46. The Bertz CT molecular complexity index is 767. The Balaban J connectivity index is 1.87. The van der Waals surface area contributed by atoms with Crippen molar-refractivity contribution in [3.05, 3.63) is 35.4 Å². The van der Waals surface area contributed by atoms with E-state index >= 15 is 0 Å². The number of ether oxygens (including phenoxy) is 2. The number of carbonyl (C=O) groups excluding carboxylic acids is 2. The zero-order valence-electron chi connectivity index (χ0n) is 15.7. The van der Waals surface area contributed by atoms with Crippen LogP contribution in [0.3, 0.4) is 0 Å². The molecule has 1 aromatic rings. The molecule has 0 bridgehead atoms. The van der Waals surface area contributed by atoms with Gasteiger partial charge in [-0.1, -0.05) is 12.1 Å². The highest BCUT2D eigenvalue weighted by Gasteiger charge is 2.48. The minimum atomic E-state index is -0.914. The van der Waals surface area contributed by atoms with Crippen LogP contribution in [0.2, 0.25) is 0 Å². The summed E-state index contributed by atoms with van der Waals surface area (Å²) in [5, 5.41) is 10.7. The number of amides is 1. The van der Waals surface area contributed by atoms with E-state index in [2.05, 4.69) is 0 Å². The molecule has 0 saturated carbocycles. The highest BCUT2D eigenvalue weighted by molar-refractivity contribution is 6.03. The van der Waals surface area contributed by atoms with Gasteiger partial charge in [0.25, 0.3) is 0 Å². The molecule has 6 nitrogen and oxygen atoms in total. The van der Waals surface area contributed by atoms with Gasteiger partial charge < -0.3 is 19.5 Å². The molecule has 1 amide bonds. The van der Waals surface area contributed by atoms with E-state index < -0.39 is 11.2 Å². The number of hydrogen-bond acceptors (Lipinski definition) is 5. The molecule has 0 aliphatic carbocycles. The SMILES string of the molecule is CC(=O)C1=C(O)c2ccccc2OC12CCN(C(=O)OC(C)(C)C)CC2. The number of para-hydroxylation sites is 1. The summed E-state index contributed by atoms with van der Waals surface area (Å²) in [6.07, 6.45) is 0.458. The average Bonchev–Trinajstić information content (AvgIpc) is 2.53. The standard InChI is InChI=1S/C20H25NO5/c1-13(22)16-17(23)14-7-5-6-8-15(14)25-20(16)9-11-21(12-10-20)18(24)26-19(2,3)4/h5-8,23H,9-12H2,1-4H3. The third kappa shape index (κ3) is 3.28. The number of nitrogens with zero attached hydrogens (tertiary/aromatic N) is 1. The highest BCUT2D eigenvalue weighted by Crippen LogP contribution is 2.45. The number of aliphatic hydroxyl groups is 1. The molecule has 1 spiro atoms. The zero-order valence-corrected chi connectivity index (χ0v) is 15.7. The van der Waals surface area contributed by atoms with Gasteiger partial charge in [-0.3, -0.25) is 4.79 Å². The first-order valence-electron chi connectivity index (χ1n) is 8.84. The van der Waals surface area contributed by atoms with Crippen LogP contribution in [0, 0.1) is 0 Å². The Morgan fingerprint density at radius 1 is 1.19 bits per heavy atom. The molecular formula is C20H25NO5. The molecule has 2 heterocycles. The predicted octanol–water partition coefficient (Wildman–Crippen LogP) is 3.71. The van der Waals surface area contributed by atoms with E-state index in [1.54, 1.807) is 23.1 Å². The summed E-state index contributed by atoms with van der Waals surface area (Å²) in [4.78, 5) is 26.2. The Labute approximate surface area is 153 Å². The quantitative estimate of drug-likeness (QED) is 0.827. The summed E-state index contributed by atoms with van der Waals surface area (Å²) in [6, 6.07) is 7.13. The molecule has 26 heavy (non-hydrogen) atoms. The molecular weight excluding hydrogens is 334 g/mol. The second-order valence-corrected chi connectivity index (χ2v) is 7.84. The summed E-state index contributed by atoms with van der Waals surface area (Å²) < 4.78 is 11.6. The van der Waals surface area contributed by atoms with Gasteiger partial charge in [0, 0.05) is 25.9 Å². The second-order valence-electron chi connectivity index (χ2n) is 7.84. The largest absolute Gasteiger partial charge is 0.507 e. The van der Waals surface area contributed by atoms with Crippen molar-refractivity contribution in [3.63, 3.8) is 0 Å². The van der Waals surface area contributed by atoms with Crippen LogP contribution in [-0.2, 0) is 9.53 Å². The fraction of sp³-hybridized carbons (Fsp3) is 0.500. The maximum Gasteiger partial charge on any atom is 0.410 e. The fourth-order valence-electron chi connectivity index (χ4n) is 3.58. The van der Waals surface area contributed by atoms with Crippen molar-refractivity contribution in [1.82, 2.24) is 4.90 Å². The lowest BCUT2D eigenvalue weighted by atomic mass is 9.78. The number of Topliss-reactive ketones (excluding diaryl/α,β-unsaturated/α-hetero) is 1. The maximum atomic E-state index is 12.3. The lowest BCUT2D eigenvalue weighted by Crippen LogP contribution is -2.53. The molecule has 1 N–H and O–H groups in total. The Hall–Kier alpha value is -2.50. The maximum absolute atomic E-state index is 12.3. The van der Waals surface area contributed by atoms with Gasteiger partial charge in [-0.2, -0.15) is 0 Å². The van der Waals surface area contributed by atoms with Gasteiger partial charge in [-0.25, -0.2) is 4.79 Å². The molecule has 1 fully saturated rings. The van der Waals surface area contributed by atoms with Crippen molar-refractivity contribution in [2.24, 2.45) is 0 Å². The van der Waals surface area contributed by atoms with Crippen LogP contribution in [0.4, 0.5) is 4.79 Å². The van der Waals surface area contributed by atoms with Crippen molar-refractivity contribution in [2.75, 3.05) is 13.1 Å². The van der Waals surface area contributed by atoms with E-state index in [0.29, 0.717) is 42.8 Å². The van der Waals surface area contributed by atoms with Crippen LogP contribution < -0.4 is 4.74 Å². The molecule has 140 valence electrons. The van der Waals surface area contributed by atoms with Crippen LogP contribution >= 0.6 is 0 Å². The molecule has 0 radical (unpaired) electrons. The first-order valence-corrected chi connectivity index (χ1v) is 8.84. The van der Waals surface area contributed by atoms with Gasteiger partial charge in [0.2, 0.25) is 0 Å². The van der Waals surface area contributed by atoms with Gasteiger partial charge in [0.1, 0.15) is 22.7 Å². The first-order chi connectivity index (χ1) is 12.1. The number of rotatable bonds is 1. The lowest BCUT2D eigenvalue weighted by Gasteiger charge is -2.45. The van der Waals surface area contributed by atoms with E-state index in [4.69, 9.17) is 9.47 Å². The lowest BCUT2D eigenvalue weighted by molar-refractivity contribution is -0.116. The monoisotopic (exact) mass is 359 g/mol. The van der Waals surface area contributed by atoms with Gasteiger partial charge in [-0.15, -0.1) is 0 Å². The van der Waals surface area contributed by atoms with Crippen molar-refractivity contribution in [2.45, 2.75) is 51.7 Å². The van der Waals surface area contributed by atoms with E-state index in [0.717, 1.165) is 0 Å². The number of ketones is 1. The van der Waals surface area contributed by atoms with Crippen LogP contribution in [0.15, 0.2) is 29.8 Å². The van der Waals surface area contributed by atoms with Crippen molar-refractivity contribution >= 4 is 17.6 Å². The molecule has 1 saturated heterocycles. The second kappa shape index (κ2) is 6.34. The molecule has 6 heteroatoms. The average molecular weight is 359 g/mol. The Morgan fingerprint density at radius 2 is 1.81 bits per heavy atom. The third-order valence-electron chi connectivity index (χ3n) is 4.71. The molecule has 3 rings (SSSR count). The molecule has 2 aliphatic heterocycles. The van der Waals surface area contributed by atoms with Crippen LogP contribution in [0.5, 0.6) is 5.75 Å². The summed E-state index contributed by atoms with van der Waals surface area (Å²) in [5.41, 5.74) is -0.657. The molecule has 2 aliphatic rings. The van der Waals surface area contributed by atoms with Crippen LogP contribution in [0.25, 0.3) is 5.76 Å². The number of likely N-dealkylation sites (tertiary alicyclic amines) is 1. The van der Waals surface area contributed by atoms with E-state index in [-0.39, 0.29) is 17.6 Å². The number of carbonyl (C=O) groups is 2. The smallest absolute Gasteiger partial charge is 0.410 e. The summed E-state index contributed by atoms with van der Waals surface area (Å²) in [7, 11) is 0. The minimum absolute atomic E-state index is 0.0231. The van der Waals surface area contributed by atoms with Crippen molar-refractivity contribution < 1.29 is 24.2 Å². The van der Waals surface area contributed by atoms with E-state index in [1.165, 1.54) is 6.92 Å². The van der Waals surface area contributed by atoms with Gasteiger partial charge in [0.05, 0.1) is 11.1 Å². The third-order valence-corrected chi connectivity index (χ3v) is 4.71. The number of benzene rings is 1. The first kappa shape index (κ1) is 18.3. The van der Waals surface area contributed by atoms with Crippen LogP contribution in [0.1, 0.15) is 46.1 Å². The Morgan fingerprint density at radius 3 is 2.38 bits per heavy atom. The number of aliphatic hydroxyl groups excluding tert-OH is 1. The summed E-state index contributed by atoms with van der Waals surface area (Å²) in [6.45, 7) is 7.69. The fourth-order valence-corrected chi connectivity index (χ4v) is 3.58. The highest BCUT2D eigenvalue weighted by atomic mass is 16.6. The number of piperidine rings is 1. The molecule has 0 aromatic heterocycles. The normalized spacial score (nSPS) is 19.0. The minimum Gasteiger partial charge on any atom is -0.507 e. The number of hydrogen-bond donors (Lipinski definition) is 1. The van der Waals surface area contributed by atoms with Gasteiger partial charge >= 0.3 is 6.09 Å². The van der Waals surface area contributed by atoms with E-state index in [9.17, 15) is 14.7 Å². The van der Waals surface area contributed by atoms with E-state index in [1.807, 2.05) is 26.8 Å². The van der Waals surface area contributed by atoms with Crippen LogP contribution in [-0.4, -0.2) is 46.2 Å². The zero-order chi connectivity index (χ0) is 19.1. The van der Waals surface area contributed by atoms with Crippen molar-refractivity contribution in [1.29, 1.82) is 0 Å². The summed E-state index contributed by atoms with van der Waals surface area (Å²) >= 11 is 0. The summed E-state index contributed by atoms with van der Waals surface area (Å²) in [5.74, 6) is 0.313. The van der Waals surface area contributed by atoms with Gasteiger partial charge in [-0.05, 0) is 39.8 Å². The molecule has 0 unspecified atom stereocenters. The van der Waals surface area contributed by atoms with Crippen molar-refractivity contribution in [3.8, 4) is 5.75 Å². The number of fused-ring (bicyclic) bond motifs is 1. The molecule has 0 atom stereocenters.